The van der Waals surface area contributed by atoms with E-state index < -0.39 is 12.3 Å². The molecule has 9 nitrogen and oxygen atoms in total. The molecule has 1 aliphatic carbocycles. The van der Waals surface area contributed by atoms with Crippen LogP contribution in [0, 0.1) is 17.8 Å². The number of rotatable bonds is 9. The number of halogens is 3. The van der Waals surface area contributed by atoms with Crippen molar-refractivity contribution in [2.24, 2.45) is 24.8 Å². The van der Waals surface area contributed by atoms with Crippen LogP contribution in [0.1, 0.15) is 34.0 Å². The number of aryl methyl sites for hydroxylation is 1. The normalized spacial score (nSPS) is 22.9. The number of carbonyl (C=O) groups excluding carboxylic acids is 1. The Morgan fingerprint density at radius 2 is 1.81 bits per heavy atom. The highest BCUT2D eigenvalue weighted by Gasteiger charge is 2.53. The molecule has 1 saturated carbocycles. The van der Waals surface area contributed by atoms with Crippen LogP contribution in [0.25, 0.3) is 5.32 Å². The highest BCUT2D eigenvalue weighted by Crippen LogP contribution is 2.52. The zero-order chi connectivity index (χ0) is 30.6. The zero-order valence-corrected chi connectivity index (χ0v) is 23.9. The predicted molar refractivity (Wildman–Crippen MR) is 153 cm³/mol. The van der Waals surface area contributed by atoms with Gasteiger partial charge in [0.15, 0.2) is 5.69 Å². The summed E-state index contributed by atoms with van der Waals surface area (Å²) >= 11 is 0. The fourth-order valence-electron chi connectivity index (χ4n) is 6.12. The van der Waals surface area contributed by atoms with Crippen molar-refractivity contribution in [3.63, 3.8) is 0 Å². The van der Waals surface area contributed by atoms with Gasteiger partial charge in [-0.25, -0.2) is 9.78 Å². The van der Waals surface area contributed by atoms with E-state index in [9.17, 15) is 22.8 Å². The molecule has 0 spiro atoms. The second kappa shape index (κ2) is 13.2. The van der Waals surface area contributed by atoms with Crippen molar-refractivity contribution in [1.29, 1.82) is 0 Å². The molecule has 2 aromatic carbocycles. The number of hydrogen-bond acceptors (Lipinski definition) is 5. The summed E-state index contributed by atoms with van der Waals surface area (Å²) in [5.41, 5.74) is 2.10. The van der Waals surface area contributed by atoms with Crippen molar-refractivity contribution < 1.29 is 32.6 Å². The van der Waals surface area contributed by atoms with Crippen molar-refractivity contribution in [3.05, 3.63) is 89.3 Å². The van der Waals surface area contributed by atoms with Crippen LogP contribution in [0.3, 0.4) is 0 Å². The molecule has 3 unspecified atom stereocenters. The molecule has 12 heteroatoms. The Labute approximate surface area is 248 Å². The number of ether oxygens (including phenoxy) is 1. The number of carboxylic acids is 1. The lowest BCUT2D eigenvalue weighted by atomic mass is 9.99. The van der Waals surface area contributed by atoms with E-state index in [1.54, 1.807) is 23.7 Å². The summed E-state index contributed by atoms with van der Waals surface area (Å²) in [7, 11) is 1.72. The van der Waals surface area contributed by atoms with Gasteiger partial charge >= 0.3 is 12.3 Å². The summed E-state index contributed by atoms with van der Waals surface area (Å²) in [6.45, 7) is 5.08. The fourth-order valence-corrected chi connectivity index (χ4v) is 6.12. The quantitative estimate of drug-likeness (QED) is 0.381. The van der Waals surface area contributed by atoms with Gasteiger partial charge in [0.1, 0.15) is 5.75 Å². The molecule has 3 heterocycles. The second-order valence-corrected chi connectivity index (χ2v) is 11.4. The number of aromatic carboxylic acids is 1. The minimum atomic E-state index is -4.69. The average molecular weight is 599 g/mol. The van der Waals surface area contributed by atoms with Crippen molar-refractivity contribution in [2.45, 2.75) is 25.2 Å². The van der Waals surface area contributed by atoms with E-state index in [2.05, 4.69) is 44.2 Å². The van der Waals surface area contributed by atoms with Gasteiger partial charge in [-0.3, -0.25) is 9.69 Å². The van der Waals surface area contributed by atoms with E-state index in [1.807, 2.05) is 11.0 Å². The monoisotopic (exact) mass is 598 g/mol. The molecule has 230 valence electrons. The minimum Gasteiger partial charge on any atom is -0.658 e. The van der Waals surface area contributed by atoms with Crippen LogP contribution < -0.4 is 4.74 Å². The van der Waals surface area contributed by atoms with Gasteiger partial charge < -0.3 is 24.6 Å². The largest absolute Gasteiger partial charge is 0.658 e. The van der Waals surface area contributed by atoms with Crippen molar-refractivity contribution >= 4 is 11.9 Å². The lowest BCUT2D eigenvalue weighted by molar-refractivity contribution is -0.274. The number of carboxylic acid groups (broad SMARTS) is 1. The number of imidazole rings is 1. The summed E-state index contributed by atoms with van der Waals surface area (Å²) in [5, 5.41) is 12.9. The fraction of sp³-hybridized carbons (Fsp3) is 0.452. The zero-order valence-electron chi connectivity index (χ0n) is 23.9. The summed E-state index contributed by atoms with van der Waals surface area (Å²) < 4.78 is 42.7. The Morgan fingerprint density at radius 3 is 2.44 bits per heavy atom. The number of nitrogens with zero attached hydrogens (tertiary/aromatic N) is 5. The molecule has 3 aromatic rings. The SMILES string of the molecule is Cn1cnc(C(=O)O)c1.O=C(CN1CC2C(C[N-]Cc3cccc(OC(F)(F)F)c3)C2C1)N1CCC(c2ccccc2)C1. The molecule has 43 heavy (non-hydrogen) atoms. The number of amides is 1. The maximum atomic E-state index is 12.8. The van der Waals surface area contributed by atoms with Gasteiger partial charge in [0.05, 0.1) is 12.9 Å². The second-order valence-electron chi connectivity index (χ2n) is 11.4. The topological polar surface area (TPSA) is 102 Å². The molecule has 1 aromatic heterocycles. The first-order chi connectivity index (χ1) is 20.6. The highest BCUT2D eigenvalue weighted by atomic mass is 19.4. The van der Waals surface area contributed by atoms with Gasteiger partial charge in [0, 0.05) is 45.3 Å². The average Bonchev–Trinajstić information content (AvgIpc) is 3.45. The number of likely N-dealkylation sites (tertiary alicyclic amines) is 2. The number of fused-ring (bicyclic) bond motifs is 1. The standard InChI is InChI=1S/C26H29F3N3O2.C5H6N2O2/c27-26(28,29)34-21-8-4-5-18(11-21)12-30-13-22-23-15-31(16-24(22)23)17-25(33)32-10-9-20(14-32)19-6-2-1-3-7-19;1-7-2-4(5(8)9)6-3-7/h1-8,11,20,22-24H,9-10,12-17H2;2-3H,1H3,(H,8,9)/q-1;. The van der Waals surface area contributed by atoms with Crippen LogP contribution in [0.15, 0.2) is 67.1 Å². The van der Waals surface area contributed by atoms with Crippen molar-refractivity contribution in [1.82, 2.24) is 19.4 Å². The van der Waals surface area contributed by atoms with Crippen LogP contribution >= 0.6 is 0 Å². The smallest absolute Gasteiger partial charge is 0.573 e. The van der Waals surface area contributed by atoms with E-state index in [1.165, 1.54) is 30.2 Å². The maximum absolute atomic E-state index is 12.8. The first-order valence-electron chi connectivity index (χ1n) is 14.3. The Kier molecular flexibility index (Phi) is 9.36. The van der Waals surface area contributed by atoms with Crippen molar-refractivity contribution in [3.8, 4) is 5.75 Å². The number of carbonyl (C=O) groups is 2. The van der Waals surface area contributed by atoms with Gasteiger partial charge in [0.2, 0.25) is 5.91 Å². The molecular formula is C31H35F3N5O4-. The summed E-state index contributed by atoms with van der Waals surface area (Å²) in [5.74, 6) is 1.13. The van der Waals surface area contributed by atoms with Crippen molar-refractivity contribution in [2.75, 3.05) is 39.3 Å². The predicted octanol–water partition coefficient (Wildman–Crippen LogP) is 4.77. The molecule has 6 rings (SSSR count). The summed E-state index contributed by atoms with van der Waals surface area (Å²) in [6.07, 6.45) is -0.769. The number of benzene rings is 2. The van der Waals surface area contributed by atoms with Gasteiger partial charge in [-0.05, 0) is 36.0 Å². The molecular weight excluding hydrogens is 563 g/mol. The molecule has 3 atom stereocenters. The van der Waals surface area contributed by atoms with E-state index in [-0.39, 0.29) is 17.4 Å². The van der Waals surface area contributed by atoms with Gasteiger partial charge in [-0.15, -0.1) is 26.3 Å². The molecule has 3 aliphatic rings. The van der Waals surface area contributed by atoms with Gasteiger partial charge in [0.25, 0.3) is 0 Å². The molecule has 0 radical (unpaired) electrons. The summed E-state index contributed by atoms with van der Waals surface area (Å²) in [4.78, 5) is 30.8. The first-order valence-corrected chi connectivity index (χ1v) is 14.3. The third-order valence-electron chi connectivity index (χ3n) is 8.31. The molecule has 2 saturated heterocycles. The van der Waals surface area contributed by atoms with Crippen LogP contribution in [-0.4, -0.2) is 82.0 Å². The summed E-state index contributed by atoms with van der Waals surface area (Å²) in [6, 6.07) is 16.4. The lowest BCUT2D eigenvalue weighted by Gasteiger charge is -2.25. The Balaban J connectivity index is 0.000000351. The first kappa shape index (κ1) is 30.6. The lowest BCUT2D eigenvalue weighted by Crippen LogP contribution is -2.39. The molecule has 3 fully saturated rings. The number of piperidine rings is 1. The molecule has 1 N–H and O–H groups in total. The van der Waals surface area contributed by atoms with Crippen LogP contribution in [0.2, 0.25) is 0 Å². The third-order valence-corrected chi connectivity index (χ3v) is 8.31. The number of alkyl halides is 3. The molecule has 0 bridgehead atoms. The third kappa shape index (κ3) is 8.35. The van der Waals surface area contributed by atoms with E-state index in [4.69, 9.17) is 5.11 Å². The molecule has 2 aliphatic heterocycles. The number of aromatic nitrogens is 2. The van der Waals surface area contributed by atoms with Crippen LogP contribution in [0.5, 0.6) is 5.75 Å². The van der Waals surface area contributed by atoms with E-state index in [0.29, 0.717) is 48.9 Å². The maximum Gasteiger partial charge on any atom is 0.573 e. The van der Waals surface area contributed by atoms with E-state index in [0.717, 1.165) is 32.6 Å². The minimum absolute atomic E-state index is 0.0810. The van der Waals surface area contributed by atoms with Gasteiger partial charge in [-0.2, -0.15) is 0 Å². The van der Waals surface area contributed by atoms with Crippen LogP contribution in [-0.2, 0) is 18.4 Å². The number of hydrogen-bond donors (Lipinski definition) is 1. The Bertz CT molecular complexity index is 1390. The van der Waals surface area contributed by atoms with Crippen LogP contribution in [0.4, 0.5) is 13.2 Å². The van der Waals surface area contributed by atoms with E-state index >= 15 is 0 Å². The Hall–Kier alpha value is -3.90. The Morgan fingerprint density at radius 1 is 1.07 bits per heavy atom. The molecule has 1 amide bonds. The highest BCUT2D eigenvalue weighted by molar-refractivity contribution is 5.84. The van der Waals surface area contributed by atoms with Gasteiger partial charge in [-0.1, -0.05) is 53.9 Å².